The molecule has 8 heteroatoms. The summed E-state index contributed by atoms with van der Waals surface area (Å²) in [5.41, 5.74) is -2.09. The fourth-order valence-electron chi connectivity index (χ4n) is 2.40. The van der Waals surface area contributed by atoms with E-state index in [0.717, 1.165) is 31.7 Å². The average molecular weight is 353 g/mol. The fourth-order valence-corrected chi connectivity index (χ4v) is 2.40. The van der Waals surface area contributed by atoms with Crippen molar-refractivity contribution in [2.24, 2.45) is 7.05 Å². The molecule has 0 aliphatic heterocycles. The largest absolute Gasteiger partial charge is 0.431 e. The smallest absolute Gasteiger partial charge is 0.384 e. The van der Waals surface area contributed by atoms with Gasteiger partial charge in [-0.05, 0) is 30.7 Å². The number of benzene rings is 1. The summed E-state index contributed by atoms with van der Waals surface area (Å²) in [5, 5.41) is 12.0. The summed E-state index contributed by atoms with van der Waals surface area (Å²) in [5.74, 6) is -0.851. The molecule has 1 heterocycles. The summed E-state index contributed by atoms with van der Waals surface area (Å²) in [6, 6.07) is 5.75. The maximum absolute atomic E-state index is 14.3. The van der Waals surface area contributed by atoms with Crippen molar-refractivity contribution in [1.29, 1.82) is 5.26 Å². The van der Waals surface area contributed by atoms with Crippen molar-refractivity contribution >= 4 is 5.69 Å². The highest BCUT2D eigenvalue weighted by molar-refractivity contribution is 5.72. The molecule has 1 aromatic carbocycles. The molecule has 0 unspecified atom stereocenters. The zero-order valence-electron chi connectivity index (χ0n) is 13.5. The van der Waals surface area contributed by atoms with Crippen LogP contribution in [0.3, 0.4) is 0 Å². The lowest BCUT2D eigenvalue weighted by molar-refractivity contribution is -0.143. The number of rotatable bonds is 4. The van der Waals surface area contributed by atoms with Gasteiger partial charge in [0.1, 0.15) is 17.6 Å². The number of nitrogens with one attached hydrogen (secondary N) is 1. The highest BCUT2D eigenvalue weighted by Crippen LogP contribution is 2.31. The Kier molecular flexibility index (Phi) is 5.16. The first-order chi connectivity index (χ1) is 11.7. The number of pyridine rings is 1. The van der Waals surface area contributed by atoms with Crippen LogP contribution in [0.2, 0.25) is 0 Å². The minimum Gasteiger partial charge on any atom is -0.384 e. The molecule has 0 atom stereocenters. The molecular formula is C17H15F4N3O. The second-order valence-corrected chi connectivity index (χ2v) is 5.41. The summed E-state index contributed by atoms with van der Waals surface area (Å²) in [4.78, 5) is 12.3. The second kappa shape index (κ2) is 6.97. The monoisotopic (exact) mass is 353 g/mol. The number of halogens is 4. The van der Waals surface area contributed by atoms with Crippen molar-refractivity contribution in [3.8, 4) is 17.2 Å². The fraction of sp³-hybridized carbons (Fsp3) is 0.294. The Bertz CT molecular complexity index is 894. The van der Waals surface area contributed by atoms with Gasteiger partial charge in [0.05, 0.1) is 16.8 Å². The van der Waals surface area contributed by atoms with Gasteiger partial charge in [-0.3, -0.25) is 4.79 Å². The van der Waals surface area contributed by atoms with E-state index in [-0.39, 0.29) is 16.7 Å². The van der Waals surface area contributed by atoms with Crippen LogP contribution >= 0.6 is 0 Å². The van der Waals surface area contributed by atoms with Crippen molar-refractivity contribution in [2.75, 3.05) is 11.9 Å². The van der Waals surface area contributed by atoms with Crippen molar-refractivity contribution < 1.29 is 17.6 Å². The molecule has 2 rings (SSSR count). The maximum Gasteiger partial charge on any atom is 0.431 e. The van der Waals surface area contributed by atoms with Gasteiger partial charge in [-0.1, -0.05) is 6.92 Å². The number of nitrogens with zero attached hydrogens (tertiary/aromatic N) is 2. The Morgan fingerprint density at radius 3 is 2.48 bits per heavy atom. The molecule has 0 spiro atoms. The van der Waals surface area contributed by atoms with E-state index in [1.165, 1.54) is 6.07 Å². The lowest BCUT2D eigenvalue weighted by Crippen LogP contribution is -2.26. The zero-order valence-corrected chi connectivity index (χ0v) is 13.5. The van der Waals surface area contributed by atoms with Gasteiger partial charge in [-0.15, -0.1) is 0 Å². The van der Waals surface area contributed by atoms with Gasteiger partial charge in [0.15, 0.2) is 0 Å². The quantitative estimate of drug-likeness (QED) is 0.848. The van der Waals surface area contributed by atoms with Crippen LogP contribution in [0.5, 0.6) is 0 Å². The van der Waals surface area contributed by atoms with Gasteiger partial charge in [-0.25, -0.2) is 4.39 Å². The summed E-state index contributed by atoms with van der Waals surface area (Å²) in [7, 11) is 0.979. The van der Waals surface area contributed by atoms with Gasteiger partial charge < -0.3 is 9.88 Å². The van der Waals surface area contributed by atoms with Crippen molar-refractivity contribution in [3.63, 3.8) is 0 Å². The number of aromatic nitrogens is 1. The first kappa shape index (κ1) is 18.5. The number of hydrogen-bond acceptors (Lipinski definition) is 3. The Labute approximate surface area is 141 Å². The van der Waals surface area contributed by atoms with E-state index in [1.54, 1.807) is 0 Å². The summed E-state index contributed by atoms with van der Waals surface area (Å²) >= 11 is 0. The first-order valence-electron chi connectivity index (χ1n) is 7.45. The number of alkyl halides is 3. The lowest BCUT2D eigenvalue weighted by atomic mass is 10.0. The molecule has 4 nitrogen and oxygen atoms in total. The number of anilines is 1. The minimum absolute atomic E-state index is 0.0541. The third-order valence-corrected chi connectivity index (χ3v) is 3.68. The minimum atomic E-state index is -4.69. The van der Waals surface area contributed by atoms with E-state index in [0.29, 0.717) is 16.8 Å². The molecule has 1 N–H and O–H groups in total. The predicted octanol–water partition coefficient (Wildman–Crippen LogP) is 3.90. The van der Waals surface area contributed by atoms with Gasteiger partial charge >= 0.3 is 6.18 Å². The Hall–Kier alpha value is -2.82. The summed E-state index contributed by atoms with van der Waals surface area (Å²) in [6.07, 6.45) is -3.94. The molecular weight excluding hydrogens is 338 g/mol. The van der Waals surface area contributed by atoms with Crippen LogP contribution in [0.25, 0.3) is 11.1 Å². The van der Waals surface area contributed by atoms with E-state index in [4.69, 9.17) is 5.26 Å². The molecule has 0 amide bonds. The van der Waals surface area contributed by atoms with E-state index < -0.39 is 23.2 Å². The molecule has 0 saturated carbocycles. The SMILES string of the molecule is CCCNc1cc(-c2ccc(C(F)(F)F)n(C)c2=O)c(F)cc1C#N. The van der Waals surface area contributed by atoms with E-state index in [9.17, 15) is 22.4 Å². The highest BCUT2D eigenvalue weighted by atomic mass is 19.4. The van der Waals surface area contributed by atoms with Crippen molar-refractivity contribution in [3.05, 3.63) is 51.7 Å². The molecule has 0 fully saturated rings. The van der Waals surface area contributed by atoms with Crippen LogP contribution in [0, 0.1) is 17.1 Å². The number of hydrogen-bond donors (Lipinski definition) is 1. The average Bonchev–Trinajstić information content (AvgIpc) is 2.55. The molecule has 0 saturated heterocycles. The zero-order chi connectivity index (χ0) is 18.8. The van der Waals surface area contributed by atoms with Crippen LogP contribution in [0.4, 0.5) is 23.2 Å². The molecule has 0 bridgehead atoms. The second-order valence-electron chi connectivity index (χ2n) is 5.41. The van der Waals surface area contributed by atoms with Crippen LogP contribution in [0.1, 0.15) is 24.6 Å². The third-order valence-electron chi connectivity index (χ3n) is 3.68. The Balaban J connectivity index is 2.65. The summed E-state index contributed by atoms with van der Waals surface area (Å²) < 4.78 is 53.4. The third kappa shape index (κ3) is 3.65. The molecule has 1 aromatic heterocycles. The van der Waals surface area contributed by atoms with E-state index in [2.05, 4.69) is 5.32 Å². The number of nitriles is 1. The normalized spacial score (nSPS) is 11.2. The molecule has 0 aliphatic carbocycles. The van der Waals surface area contributed by atoms with Crippen molar-refractivity contribution in [2.45, 2.75) is 19.5 Å². The molecule has 0 aliphatic rings. The Morgan fingerprint density at radius 2 is 1.92 bits per heavy atom. The lowest BCUT2D eigenvalue weighted by Gasteiger charge is -2.14. The molecule has 0 radical (unpaired) electrons. The highest BCUT2D eigenvalue weighted by Gasteiger charge is 2.34. The van der Waals surface area contributed by atoms with Gasteiger partial charge in [-0.2, -0.15) is 18.4 Å². The van der Waals surface area contributed by atoms with Gasteiger partial charge in [0.25, 0.3) is 5.56 Å². The molecule has 132 valence electrons. The van der Waals surface area contributed by atoms with E-state index >= 15 is 0 Å². The predicted molar refractivity (Wildman–Crippen MR) is 85.6 cm³/mol. The Morgan fingerprint density at radius 1 is 1.24 bits per heavy atom. The van der Waals surface area contributed by atoms with Crippen LogP contribution in [0.15, 0.2) is 29.1 Å². The van der Waals surface area contributed by atoms with Crippen LogP contribution in [-0.4, -0.2) is 11.1 Å². The first-order valence-corrected chi connectivity index (χ1v) is 7.45. The van der Waals surface area contributed by atoms with E-state index in [1.807, 2.05) is 13.0 Å². The topological polar surface area (TPSA) is 57.8 Å². The van der Waals surface area contributed by atoms with Crippen molar-refractivity contribution in [1.82, 2.24) is 4.57 Å². The van der Waals surface area contributed by atoms with Crippen LogP contribution < -0.4 is 10.9 Å². The van der Waals surface area contributed by atoms with Gasteiger partial charge in [0, 0.05) is 19.2 Å². The van der Waals surface area contributed by atoms with Crippen LogP contribution in [-0.2, 0) is 13.2 Å². The maximum atomic E-state index is 14.3. The standard InChI is InChI=1S/C17H15F4N3O/c1-3-6-23-14-8-12(13(18)7-10(14)9-22)11-4-5-15(17(19,20)21)24(2)16(11)25/h4-5,7-8,23H,3,6H2,1-2H3. The van der Waals surface area contributed by atoms with Gasteiger partial charge in [0.2, 0.25) is 0 Å². The molecule has 2 aromatic rings. The summed E-state index contributed by atoms with van der Waals surface area (Å²) in [6.45, 7) is 2.42. The molecule has 25 heavy (non-hydrogen) atoms.